The molecule has 2 aromatic carbocycles. The lowest BCUT2D eigenvalue weighted by atomic mass is 10.1. The third kappa shape index (κ3) is 2.82. The predicted octanol–water partition coefficient (Wildman–Crippen LogP) is 2.65. The van der Waals surface area contributed by atoms with E-state index < -0.39 is 0 Å². The smallest absolute Gasteiger partial charge is 0.326 e. The SMILES string of the molecule is CN(C)Cc1ccc(-c2noc(-c3cccc4c3[nH]c(=O)n4C)n2)cc1. The summed E-state index contributed by atoms with van der Waals surface area (Å²) in [6, 6.07) is 13.7. The molecule has 0 spiro atoms. The number of hydrogen-bond donors (Lipinski definition) is 1. The number of aromatic nitrogens is 4. The molecular formula is C19H19N5O2. The first kappa shape index (κ1) is 16.3. The summed E-state index contributed by atoms with van der Waals surface area (Å²) in [5.74, 6) is 0.900. The number of nitrogens with zero attached hydrogens (tertiary/aromatic N) is 4. The number of aromatic amines is 1. The summed E-state index contributed by atoms with van der Waals surface area (Å²) in [5, 5.41) is 4.09. The summed E-state index contributed by atoms with van der Waals surface area (Å²) in [4.78, 5) is 21.4. The molecule has 0 saturated carbocycles. The van der Waals surface area contributed by atoms with Crippen LogP contribution in [0.25, 0.3) is 33.9 Å². The van der Waals surface area contributed by atoms with E-state index in [1.807, 2.05) is 44.4 Å². The normalized spacial score (nSPS) is 11.5. The van der Waals surface area contributed by atoms with Crippen LogP contribution in [0.1, 0.15) is 5.56 Å². The van der Waals surface area contributed by atoms with Crippen LogP contribution in [0.3, 0.4) is 0 Å². The van der Waals surface area contributed by atoms with Crippen LogP contribution in [-0.4, -0.2) is 38.7 Å². The zero-order valence-electron chi connectivity index (χ0n) is 14.9. The van der Waals surface area contributed by atoms with E-state index >= 15 is 0 Å². The molecule has 7 heteroatoms. The van der Waals surface area contributed by atoms with E-state index in [1.165, 1.54) is 5.56 Å². The lowest BCUT2D eigenvalue weighted by Crippen LogP contribution is -2.11. The number of imidazole rings is 1. The average molecular weight is 349 g/mol. The van der Waals surface area contributed by atoms with Gasteiger partial charge in [-0.25, -0.2) is 4.79 Å². The van der Waals surface area contributed by atoms with Crippen molar-refractivity contribution in [2.24, 2.45) is 7.05 Å². The Kier molecular flexibility index (Phi) is 3.93. The van der Waals surface area contributed by atoms with Gasteiger partial charge in [-0.05, 0) is 31.8 Å². The number of hydrogen-bond acceptors (Lipinski definition) is 5. The maximum Gasteiger partial charge on any atom is 0.326 e. The molecule has 7 nitrogen and oxygen atoms in total. The maximum atomic E-state index is 11.9. The van der Waals surface area contributed by atoms with Gasteiger partial charge in [0.2, 0.25) is 5.82 Å². The number of H-pyrrole nitrogens is 1. The molecule has 0 aliphatic carbocycles. The highest BCUT2D eigenvalue weighted by molar-refractivity contribution is 5.89. The second-order valence-corrected chi connectivity index (χ2v) is 6.55. The first-order valence-corrected chi connectivity index (χ1v) is 8.29. The fourth-order valence-corrected chi connectivity index (χ4v) is 3.00. The van der Waals surface area contributed by atoms with Crippen LogP contribution in [-0.2, 0) is 13.6 Å². The lowest BCUT2D eigenvalue weighted by Gasteiger charge is -2.09. The number of rotatable bonds is 4. The van der Waals surface area contributed by atoms with Crippen LogP contribution >= 0.6 is 0 Å². The number of benzene rings is 2. The van der Waals surface area contributed by atoms with Gasteiger partial charge in [-0.15, -0.1) is 0 Å². The van der Waals surface area contributed by atoms with Crippen molar-refractivity contribution in [3.8, 4) is 22.8 Å². The van der Waals surface area contributed by atoms with Gasteiger partial charge in [0.15, 0.2) is 0 Å². The van der Waals surface area contributed by atoms with Crippen LogP contribution < -0.4 is 5.69 Å². The number of fused-ring (bicyclic) bond motifs is 1. The molecule has 1 N–H and O–H groups in total. The molecule has 0 amide bonds. The summed E-state index contributed by atoms with van der Waals surface area (Å²) in [7, 11) is 5.79. The van der Waals surface area contributed by atoms with E-state index in [0.717, 1.165) is 17.6 Å². The second-order valence-electron chi connectivity index (χ2n) is 6.55. The molecule has 26 heavy (non-hydrogen) atoms. The van der Waals surface area contributed by atoms with Crippen LogP contribution in [0.15, 0.2) is 51.8 Å². The fourth-order valence-electron chi connectivity index (χ4n) is 3.00. The Balaban J connectivity index is 1.71. The summed E-state index contributed by atoms with van der Waals surface area (Å²) < 4.78 is 7.01. The van der Waals surface area contributed by atoms with Crippen LogP contribution in [0.2, 0.25) is 0 Å². The van der Waals surface area contributed by atoms with Gasteiger partial charge in [0.05, 0.1) is 16.6 Å². The molecule has 2 aromatic heterocycles. The van der Waals surface area contributed by atoms with Crippen molar-refractivity contribution in [2.75, 3.05) is 14.1 Å². The Bertz CT molecular complexity index is 1120. The van der Waals surface area contributed by atoms with Gasteiger partial charge in [-0.2, -0.15) is 4.98 Å². The molecule has 4 rings (SSSR count). The van der Waals surface area contributed by atoms with E-state index in [9.17, 15) is 4.79 Å². The van der Waals surface area contributed by atoms with Gasteiger partial charge in [-0.1, -0.05) is 35.5 Å². The maximum absolute atomic E-state index is 11.9. The molecule has 0 aliphatic heterocycles. The largest absolute Gasteiger partial charge is 0.334 e. The minimum atomic E-state index is -0.177. The highest BCUT2D eigenvalue weighted by Crippen LogP contribution is 2.27. The molecule has 0 fully saturated rings. The van der Waals surface area contributed by atoms with Crippen molar-refractivity contribution < 1.29 is 4.52 Å². The minimum Gasteiger partial charge on any atom is -0.334 e. The van der Waals surface area contributed by atoms with E-state index in [2.05, 4.69) is 32.2 Å². The molecule has 0 unspecified atom stereocenters. The van der Waals surface area contributed by atoms with Gasteiger partial charge in [0, 0.05) is 19.2 Å². The fraction of sp³-hybridized carbons (Fsp3) is 0.211. The highest BCUT2D eigenvalue weighted by atomic mass is 16.5. The number of nitrogens with one attached hydrogen (secondary N) is 1. The van der Waals surface area contributed by atoms with E-state index in [0.29, 0.717) is 22.8 Å². The average Bonchev–Trinajstić information content (AvgIpc) is 3.21. The molecule has 0 bridgehead atoms. The molecule has 0 atom stereocenters. The highest BCUT2D eigenvalue weighted by Gasteiger charge is 2.15. The number of aryl methyl sites for hydroxylation is 1. The van der Waals surface area contributed by atoms with Crippen molar-refractivity contribution >= 4 is 11.0 Å². The standard InChI is InChI=1S/C19H19N5O2/c1-23(2)11-12-7-9-13(10-8-12)17-21-18(26-22-17)14-5-4-6-15-16(14)20-19(25)24(15)3/h4-10H,11H2,1-3H3,(H,20,25). The molecule has 0 saturated heterocycles. The molecule has 132 valence electrons. The predicted molar refractivity (Wildman–Crippen MR) is 99.7 cm³/mol. The van der Waals surface area contributed by atoms with Gasteiger partial charge in [0.1, 0.15) is 0 Å². The summed E-state index contributed by atoms with van der Waals surface area (Å²) in [5.41, 5.74) is 4.12. The molecule has 4 aromatic rings. The molecule has 2 heterocycles. The summed E-state index contributed by atoms with van der Waals surface area (Å²) >= 11 is 0. The topological polar surface area (TPSA) is 80.0 Å². The Hall–Kier alpha value is -3.19. The summed E-state index contributed by atoms with van der Waals surface area (Å²) in [6.45, 7) is 0.876. The van der Waals surface area contributed by atoms with Crippen LogP contribution in [0.5, 0.6) is 0 Å². The molecule has 0 aliphatic rings. The Morgan fingerprint density at radius 2 is 1.92 bits per heavy atom. The Morgan fingerprint density at radius 1 is 1.15 bits per heavy atom. The van der Waals surface area contributed by atoms with Crippen molar-refractivity contribution in [3.63, 3.8) is 0 Å². The second kappa shape index (κ2) is 6.27. The quantitative estimate of drug-likeness (QED) is 0.613. The van der Waals surface area contributed by atoms with Crippen LogP contribution in [0.4, 0.5) is 0 Å². The van der Waals surface area contributed by atoms with Gasteiger partial charge in [0.25, 0.3) is 5.89 Å². The zero-order chi connectivity index (χ0) is 18.3. The van der Waals surface area contributed by atoms with E-state index in [-0.39, 0.29) is 5.69 Å². The van der Waals surface area contributed by atoms with E-state index in [1.54, 1.807) is 11.6 Å². The first-order chi connectivity index (χ1) is 12.5. The summed E-state index contributed by atoms with van der Waals surface area (Å²) in [6.07, 6.45) is 0. The van der Waals surface area contributed by atoms with Crippen LogP contribution in [0, 0.1) is 0 Å². The van der Waals surface area contributed by atoms with Crippen molar-refractivity contribution in [1.82, 2.24) is 24.6 Å². The lowest BCUT2D eigenvalue weighted by molar-refractivity contribution is 0.402. The first-order valence-electron chi connectivity index (χ1n) is 8.29. The Labute approximate surface area is 149 Å². The monoisotopic (exact) mass is 349 g/mol. The third-order valence-electron chi connectivity index (χ3n) is 4.31. The van der Waals surface area contributed by atoms with Crippen molar-refractivity contribution in [1.29, 1.82) is 0 Å². The Morgan fingerprint density at radius 3 is 2.65 bits per heavy atom. The number of para-hydroxylation sites is 1. The minimum absolute atomic E-state index is 0.177. The van der Waals surface area contributed by atoms with Gasteiger partial charge in [-0.3, -0.25) is 4.57 Å². The molecule has 0 radical (unpaired) electrons. The van der Waals surface area contributed by atoms with Gasteiger partial charge >= 0.3 is 5.69 Å². The third-order valence-corrected chi connectivity index (χ3v) is 4.31. The van der Waals surface area contributed by atoms with Crippen molar-refractivity contribution in [3.05, 3.63) is 58.5 Å². The van der Waals surface area contributed by atoms with E-state index in [4.69, 9.17) is 4.52 Å². The zero-order valence-corrected chi connectivity index (χ0v) is 14.9. The van der Waals surface area contributed by atoms with Gasteiger partial charge < -0.3 is 14.4 Å². The van der Waals surface area contributed by atoms with Crippen molar-refractivity contribution in [2.45, 2.75) is 6.54 Å². The molecular weight excluding hydrogens is 330 g/mol.